The number of nitrogens with zero attached hydrogens (tertiary/aromatic N) is 1. The van der Waals surface area contributed by atoms with Gasteiger partial charge in [-0.05, 0) is 66.9 Å². The fourth-order valence-corrected chi connectivity index (χ4v) is 4.25. The number of ether oxygens (including phenoxy) is 1. The molecule has 1 amide bonds. The fourth-order valence-electron chi connectivity index (χ4n) is 3.37. The number of anilines is 1. The number of nitrogens with one attached hydrogen (secondary N) is 1. The van der Waals surface area contributed by atoms with Crippen LogP contribution < -0.4 is 14.4 Å². The van der Waals surface area contributed by atoms with Crippen molar-refractivity contribution >= 4 is 21.6 Å². The molecule has 3 aromatic rings. The highest BCUT2D eigenvalue weighted by Crippen LogP contribution is 2.22. The normalized spacial score (nSPS) is 12.1. The van der Waals surface area contributed by atoms with Crippen LogP contribution in [0.3, 0.4) is 0 Å². The Balaban J connectivity index is 1.71. The molecule has 3 rings (SSSR count). The molecule has 6 nitrogen and oxygen atoms in total. The summed E-state index contributed by atoms with van der Waals surface area (Å²) in [4.78, 5) is 12.7. The fraction of sp³-hybridized carbons (Fsp3) is 0.240. The summed E-state index contributed by atoms with van der Waals surface area (Å²) < 4.78 is 31.3. The number of sulfonamides is 1. The molecule has 1 atom stereocenters. The van der Waals surface area contributed by atoms with Gasteiger partial charge in [-0.3, -0.25) is 9.10 Å². The average molecular weight is 453 g/mol. The van der Waals surface area contributed by atoms with E-state index in [0.717, 1.165) is 22.4 Å². The van der Waals surface area contributed by atoms with Crippen molar-refractivity contribution < 1.29 is 17.9 Å². The lowest BCUT2D eigenvalue weighted by atomic mass is 10.1. The number of aryl methyl sites for hydroxylation is 1. The second-order valence-corrected chi connectivity index (χ2v) is 9.68. The third kappa shape index (κ3) is 5.88. The first kappa shape index (κ1) is 23.3. The molecule has 0 radical (unpaired) electrons. The molecule has 1 N–H and O–H groups in total. The van der Waals surface area contributed by atoms with Gasteiger partial charge in [0.15, 0.2) is 0 Å². The Morgan fingerprint density at radius 2 is 1.69 bits per heavy atom. The summed E-state index contributed by atoms with van der Waals surface area (Å²) in [7, 11) is -1.85. The van der Waals surface area contributed by atoms with Crippen LogP contribution in [-0.2, 0) is 16.6 Å². The molecule has 0 aliphatic rings. The minimum absolute atomic E-state index is 0.171. The summed E-state index contributed by atoms with van der Waals surface area (Å²) in [5, 5.41) is 2.98. The van der Waals surface area contributed by atoms with E-state index in [4.69, 9.17) is 4.74 Å². The Labute approximate surface area is 189 Å². The van der Waals surface area contributed by atoms with Crippen LogP contribution in [0.4, 0.5) is 5.69 Å². The van der Waals surface area contributed by atoms with Crippen LogP contribution in [0, 0.1) is 6.92 Å². The van der Waals surface area contributed by atoms with Crippen molar-refractivity contribution in [3.8, 4) is 5.75 Å². The zero-order valence-electron chi connectivity index (χ0n) is 18.7. The summed E-state index contributed by atoms with van der Waals surface area (Å²) >= 11 is 0. The Bertz CT molecular complexity index is 1170. The topological polar surface area (TPSA) is 75.7 Å². The number of hydrogen-bond acceptors (Lipinski definition) is 4. The Hall–Kier alpha value is -3.32. The second kappa shape index (κ2) is 9.87. The van der Waals surface area contributed by atoms with Gasteiger partial charge >= 0.3 is 0 Å². The van der Waals surface area contributed by atoms with Crippen LogP contribution >= 0.6 is 0 Å². The van der Waals surface area contributed by atoms with Gasteiger partial charge in [0.2, 0.25) is 10.0 Å². The van der Waals surface area contributed by atoms with Crippen LogP contribution in [0.5, 0.6) is 5.75 Å². The van der Waals surface area contributed by atoms with Gasteiger partial charge in [-0.15, -0.1) is 0 Å². The predicted octanol–water partition coefficient (Wildman–Crippen LogP) is 4.46. The second-order valence-electron chi connectivity index (χ2n) is 7.77. The molecular weight excluding hydrogens is 424 g/mol. The van der Waals surface area contributed by atoms with Crippen LogP contribution in [0.15, 0.2) is 72.8 Å². The standard InChI is InChI=1S/C25H28N2O4S/c1-18-6-5-7-23(16-18)27(32(4,29)30)17-20-8-10-22(11-9-20)25(28)26-19(2)21-12-14-24(31-3)15-13-21/h5-16,19H,17H2,1-4H3,(H,26,28)/t19-/m1/s1. The molecule has 0 aliphatic carbocycles. The number of carbonyl (C=O) groups excluding carboxylic acids is 1. The molecule has 0 heterocycles. The molecule has 168 valence electrons. The zero-order chi connectivity index (χ0) is 23.3. The van der Waals surface area contributed by atoms with Crippen molar-refractivity contribution in [2.75, 3.05) is 17.7 Å². The molecule has 7 heteroatoms. The van der Waals surface area contributed by atoms with Gasteiger partial charge in [0.25, 0.3) is 5.91 Å². The predicted molar refractivity (Wildman–Crippen MR) is 128 cm³/mol. The maximum Gasteiger partial charge on any atom is 0.251 e. The van der Waals surface area contributed by atoms with E-state index in [0.29, 0.717) is 11.3 Å². The number of methoxy groups -OCH3 is 1. The van der Waals surface area contributed by atoms with Crippen molar-refractivity contribution in [2.24, 2.45) is 0 Å². The minimum Gasteiger partial charge on any atom is -0.497 e. The lowest BCUT2D eigenvalue weighted by Gasteiger charge is -2.23. The number of hydrogen-bond donors (Lipinski definition) is 1. The van der Waals surface area contributed by atoms with Gasteiger partial charge in [-0.25, -0.2) is 8.42 Å². The third-order valence-electron chi connectivity index (χ3n) is 5.20. The first-order valence-electron chi connectivity index (χ1n) is 10.3. The molecule has 0 spiro atoms. The van der Waals surface area contributed by atoms with Gasteiger partial charge in [-0.2, -0.15) is 0 Å². The van der Waals surface area contributed by atoms with Crippen molar-refractivity contribution in [3.05, 3.63) is 95.1 Å². The van der Waals surface area contributed by atoms with E-state index in [2.05, 4.69) is 5.32 Å². The van der Waals surface area contributed by atoms with Gasteiger partial charge in [-0.1, -0.05) is 36.4 Å². The highest BCUT2D eigenvalue weighted by Gasteiger charge is 2.18. The van der Waals surface area contributed by atoms with Gasteiger partial charge in [0.1, 0.15) is 5.75 Å². The SMILES string of the molecule is COc1ccc([C@@H](C)NC(=O)c2ccc(CN(c3cccc(C)c3)S(C)(=O)=O)cc2)cc1. The Kier molecular flexibility index (Phi) is 7.20. The van der Waals surface area contributed by atoms with Crippen molar-refractivity contribution in [1.29, 1.82) is 0 Å². The van der Waals surface area contributed by atoms with E-state index in [1.165, 1.54) is 10.6 Å². The van der Waals surface area contributed by atoms with Gasteiger partial charge < -0.3 is 10.1 Å². The summed E-state index contributed by atoms with van der Waals surface area (Å²) in [6.45, 7) is 4.02. The van der Waals surface area contributed by atoms with E-state index >= 15 is 0 Å². The Morgan fingerprint density at radius 1 is 1.03 bits per heavy atom. The first-order valence-corrected chi connectivity index (χ1v) is 12.1. The number of carbonyl (C=O) groups is 1. The molecule has 0 aliphatic heterocycles. The molecule has 0 aromatic heterocycles. The highest BCUT2D eigenvalue weighted by atomic mass is 32.2. The number of amides is 1. The highest BCUT2D eigenvalue weighted by molar-refractivity contribution is 7.92. The molecule has 0 bridgehead atoms. The van der Waals surface area contributed by atoms with Crippen LogP contribution in [-0.4, -0.2) is 27.7 Å². The van der Waals surface area contributed by atoms with E-state index in [9.17, 15) is 13.2 Å². The maximum atomic E-state index is 12.7. The molecule has 0 saturated carbocycles. The summed E-state index contributed by atoms with van der Waals surface area (Å²) in [5.74, 6) is 0.565. The monoisotopic (exact) mass is 452 g/mol. The maximum absolute atomic E-state index is 12.7. The summed E-state index contributed by atoms with van der Waals surface area (Å²) in [6.07, 6.45) is 1.19. The summed E-state index contributed by atoms with van der Waals surface area (Å²) in [6, 6.07) is 21.7. The smallest absolute Gasteiger partial charge is 0.251 e. The van der Waals surface area contributed by atoms with E-state index in [1.807, 2.05) is 56.3 Å². The van der Waals surface area contributed by atoms with Gasteiger partial charge in [0, 0.05) is 5.56 Å². The van der Waals surface area contributed by atoms with E-state index in [-0.39, 0.29) is 18.5 Å². The zero-order valence-corrected chi connectivity index (χ0v) is 19.5. The van der Waals surface area contributed by atoms with Crippen molar-refractivity contribution in [3.63, 3.8) is 0 Å². The number of benzene rings is 3. The van der Waals surface area contributed by atoms with Crippen LogP contribution in [0.1, 0.15) is 40.0 Å². The summed E-state index contributed by atoms with van der Waals surface area (Å²) in [5.41, 5.74) is 3.86. The minimum atomic E-state index is -3.47. The molecule has 32 heavy (non-hydrogen) atoms. The molecular formula is C25H28N2O4S. The Morgan fingerprint density at radius 3 is 2.25 bits per heavy atom. The van der Waals surface area contributed by atoms with Crippen molar-refractivity contribution in [2.45, 2.75) is 26.4 Å². The molecule has 0 fully saturated rings. The first-order chi connectivity index (χ1) is 15.2. The van der Waals surface area contributed by atoms with E-state index < -0.39 is 10.0 Å². The molecule has 0 saturated heterocycles. The van der Waals surface area contributed by atoms with Gasteiger partial charge in [0.05, 0.1) is 31.6 Å². The molecule has 3 aromatic carbocycles. The lowest BCUT2D eigenvalue weighted by Crippen LogP contribution is -2.29. The van der Waals surface area contributed by atoms with Crippen LogP contribution in [0.2, 0.25) is 0 Å². The largest absolute Gasteiger partial charge is 0.497 e. The van der Waals surface area contributed by atoms with E-state index in [1.54, 1.807) is 37.4 Å². The third-order valence-corrected chi connectivity index (χ3v) is 6.34. The molecule has 0 unspecified atom stereocenters. The average Bonchev–Trinajstić information content (AvgIpc) is 2.77. The lowest BCUT2D eigenvalue weighted by molar-refractivity contribution is 0.0940. The quantitative estimate of drug-likeness (QED) is 0.548. The van der Waals surface area contributed by atoms with Crippen molar-refractivity contribution in [1.82, 2.24) is 5.32 Å². The van der Waals surface area contributed by atoms with Crippen LogP contribution in [0.25, 0.3) is 0 Å². The number of rotatable bonds is 8.